The van der Waals surface area contributed by atoms with Gasteiger partial charge in [-0.05, 0) is 41.8 Å². The van der Waals surface area contributed by atoms with Gasteiger partial charge in [0.05, 0.1) is 35.7 Å². The number of furan rings is 1. The lowest BCUT2D eigenvalue weighted by Crippen LogP contribution is -2.35. The summed E-state index contributed by atoms with van der Waals surface area (Å²) in [5, 5.41) is 4.87. The van der Waals surface area contributed by atoms with E-state index in [-0.39, 0.29) is 15.9 Å². The lowest BCUT2D eigenvalue weighted by Gasteiger charge is -2.25. The molecule has 0 atom stereocenters. The largest absolute Gasteiger partial charge is 0.455 e. The Morgan fingerprint density at radius 3 is 2.79 bits per heavy atom. The third kappa shape index (κ3) is 5.09. The Bertz CT molecular complexity index is 1370. The standard InChI is InChI=1S/C21H20N4O5S3/c26-20(17-6-4-15(30-17)13-25-7-9-29-10-8-25)23-21-22-16-5-3-14(12-18(16)32-21)24-33(27,28)19-2-1-11-31-19/h1-6,11-12,24H,7-10,13H2,(H,22,23,26). The van der Waals surface area contributed by atoms with Crippen LogP contribution in [0.3, 0.4) is 0 Å². The second-order valence-corrected chi connectivity index (χ2v) is 11.2. The number of carbonyl (C=O) groups is 1. The van der Waals surface area contributed by atoms with E-state index in [9.17, 15) is 13.2 Å². The van der Waals surface area contributed by atoms with Crippen LogP contribution in [0.5, 0.6) is 0 Å². The lowest BCUT2D eigenvalue weighted by atomic mass is 10.3. The van der Waals surface area contributed by atoms with Crippen LogP contribution >= 0.6 is 22.7 Å². The molecule has 1 aliphatic rings. The first kappa shape index (κ1) is 22.0. The Labute approximate surface area is 198 Å². The van der Waals surface area contributed by atoms with Gasteiger partial charge in [0.2, 0.25) is 0 Å². The fourth-order valence-corrected chi connectivity index (χ4v) is 6.33. The van der Waals surface area contributed by atoms with Crippen LogP contribution in [0.4, 0.5) is 10.8 Å². The molecule has 1 amide bonds. The van der Waals surface area contributed by atoms with Gasteiger partial charge in [0.1, 0.15) is 9.97 Å². The van der Waals surface area contributed by atoms with Crippen molar-refractivity contribution in [1.29, 1.82) is 0 Å². The summed E-state index contributed by atoms with van der Waals surface area (Å²) in [5.74, 6) is 0.539. The number of carbonyl (C=O) groups excluding carboxylic acids is 1. The highest BCUT2D eigenvalue weighted by Gasteiger charge is 2.18. The summed E-state index contributed by atoms with van der Waals surface area (Å²) < 4.78 is 39.5. The number of sulfonamides is 1. The number of aromatic nitrogens is 1. The van der Waals surface area contributed by atoms with Gasteiger partial charge in [0, 0.05) is 13.1 Å². The summed E-state index contributed by atoms with van der Waals surface area (Å²) in [6, 6.07) is 11.7. The zero-order valence-electron chi connectivity index (χ0n) is 17.3. The third-order valence-corrected chi connectivity index (χ3v) is 8.70. The fraction of sp³-hybridized carbons (Fsp3) is 0.238. The maximum atomic E-state index is 12.6. The summed E-state index contributed by atoms with van der Waals surface area (Å²) in [5.41, 5.74) is 1.08. The summed E-state index contributed by atoms with van der Waals surface area (Å²) >= 11 is 2.40. The van der Waals surface area contributed by atoms with Gasteiger partial charge in [-0.1, -0.05) is 17.4 Å². The van der Waals surface area contributed by atoms with Crippen molar-refractivity contribution in [1.82, 2.24) is 9.88 Å². The Kier molecular flexibility index (Phi) is 6.17. The molecular formula is C21H20N4O5S3. The molecule has 0 bridgehead atoms. The highest BCUT2D eigenvalue weighted by molar-refractivity contribution is 7.94. The van der Waals surface area contributed by atoms with Gasteiger partial charge in [-0.3, -0.25) is 19.7 Å². The molecule has 0 radical (unpaired) electrons. The molecule has 3 aromatic heterocycles. The van der Waals surface area contributed by atoms with E-state index < -0.39 is 10.0 Å². The maximum absolute atomic E-state index is 12.6. The summed E-state index contributed by atoms with van der Waals surface area (Å²) in [6.45, 7) is 3.69. The Morgan fingerprint density at radius 1 is 1.15 bits per heavy atom. The van der Waals surface area contributed by atoms with E-state index in [0.717, 1.165) is 29.1 Å². The minimum atomic E-state index is -3.64. The number of morpholine rings is 1. The van der Waals surface area contributed by atoms with Crippen molar-refractivity contribution in [3.8, 4) is 0 Å². The van der Waals surface area contributed by atoms with E-state index in [1.807, 2.05) is 0 Å². The van der Waals surface area contributed by atoms with E-state index >= 15 is 0 Å². The van der Waals surface area contributed by atoms with Crippen molar-refractivity contribution in [2.45, 2.75) is 10.8 Å². The van der Waals surface area contributed by atoms with E-state index in [1.54, 1.807) is 47.8 Å². The molecule has 5 rings (SSSR count). The van der Waals surface area contributed by atoms with Gasteiger partial charge in [0.25, 0.3) is 15.9 Å². The second-order valence-electron chi connectivity index (χ2n) is 7.35. The lowest BCUT2D eigenvalue weighted by molar-refractivity contribution is 0.0312. The van der Waals surface area contributed by atoms with Crippen molar-refractivity contribution in [2.24, 2.45) is 0 Å². The monoisotopic (exact) mass is 504 g/mol. The fourth-order valence-electron chi connectivity index (χ4n) is 3.39. The van der Waals surface area contributed by atoms with Crippen LogP contribution in [0.1, 0.15) is 16.3 Å². The molecule has 1 saturated heterocycles. The molecule has 172 valence electrons. The minimum Gasteiger partial charge on any atom is -0.455 e. The van der Waals surface area contributed by atoms with Crippen molar-refractivity contribution < 1.29 is 22.4 Å². The molecule has 0 aliphatic carbocycles. The number of thiazole rings is 1. The maximum Gasteiger partial charge on any atom is 0.293 e. The Balaban J connectivity index is 1.26. The van der Waals surface area contributed by atoms with E-state index in [4.69, 9.17) is 9.15 Å². The number of ether oxygens (including phenoxy) is 1. The first-order valence-electron chi connectivity index (χ1n) is 10.1. The molecule has 4 aromatic rings. The Hall–Kier alpha value is -2.77. The number of amides is 1. The molecule has 12 heteroatoms. The van der Waals surface area contributed by atoms with Crippen molar-refractivity contribution in [2.75, 3.05) is 36.3 Å². The minimum absolute atomic E-state index is 0.210. The first-order valence-corrected chi connectivity index (χ1v) is 13.3. The zero-order valence-corrected chi connectivity index (χ0v) is 19.8. The number of hydrogen-bond acceptors (Lipinski definition) is 9. The average molecular weight is 505 g/mol. The van der Waals surface area contributed by atoms with Gasteiger partial charge in [-0.15, -0.1) is 11.3 Å². The molecule has 33 heavy (non-hydrogen) atoms. The molecule has 0 saturated carbocycles. The van der Waals surface area contributed by atoms with Crippen LogP contribution in [-0.2, 0) is 21.3 Å². The number of anilines is 2. The second kappa shape index (κ2) is 9.23. The summed E-state index contributed by atoms with van der Waals surface area (Å²) in [7, 11) is -3.64. The number of fused-ring (bicyclic) bond motifs is 1. The SMILES string of the molecule is O=C(Nc1nc2ccc(NS(=O)(=O)c3cccs3)cc2s1)c1ccc(CN2CCOCC2)o1. The molecule has 1 fully saturated rings. The normalized spacial score (nSPS) is 15.0. The van der Waals surface area contributed by atoms with Crippen molar-refractivity contribution >= 4 is 59.6 Å². The first-order chi connectivity index (χ1) is 16.0. The molecule has 9 nitrogen and oxygen atoms in total. The molecule has 0 spiro atoms. The number of hydrogen-bond donors (Lipinski definition) is 2. The average Bonchev–Trinajstić information content (AvgIpc) is 3.55. The van der Waals surface area contributed by atoms with Crippen molar-refractivity contribution in [3.63, 3.8) is 0 Å². The summed E-state index contributed by atoms with van der Waals surface area (Å²) in [4.78, 5) is 19.2. The predicted octanol–water partition coefficient (Wildman–Crippen LogP) is 3.84. The van der Waals surface area contributed by atoms with Crippen LogP contribution in [0.2, 0.25) is 0 Å². The molecule has 0 unspecified atom stereocenters. The number of rotatable bonds is 7. The quantitative estimate of drug-likeness (QED) is 0.393. The van der Waals surface area contributed by atoms with Gasteiger partial charge in [0.15, 0.2) is 10.9 Å². The topological polar surface area (TPSA) is 114 Å². The van der Waals surface area contributed by atoms with Crippen LogP contribution in [0, 0.1) is 0 Å². The van der Waals surface area contributed by atoms with E-state index in [2.05, 4.69) is 19.9 Å². The van der Waals surface area contributed by atoms with E-state index in [0.29, 0.717) is 41.9 Å². The number of nitrogens with one attached hydrogen (secondary N) is 2. The third-order valence-electron chi connectivity index (χ3n) is 4.99. The molecule has 1 aliphatic heterocycles. The van der Waals surface area contributed by atoms with Gasteiger partial charge in [-0.25, -0.2) is 13.4 Å². The molecular weight excluding hydrogens is 484 g/mol. The smallest absolute Gasteiger partial charge is 0.293 e. The van der Waals surface area contributed by atoms with Crippen molar-refractivity contribution in [3.05, 3.63) is 59.4 Å². The van der Waals surface area contributed by atoms with Crippen LogP contribution < -0.4 is 10.0 Å². The molecule has 2 N–H and O–H groups in total. The number of benzene rings is 1. The van der Waals surface area contributed by atoms with Gasteiger partial charge in [-0.2, -0.15) is 0 Å². The Morgan fingerprint density at radius 2 is 2.00 bits per heavy atom. The van der Waals surface area contributed by atoms with Gasteiger partial charge < -0.3 is 9.15 Å². The van der Waals surface area contributed by atoms with Gasteiger partial charge >= 0.3 is 0 Å². The van der Waals surface area contributed by atoms with Crippen LogP contribution in [0.15, 0.2) is 56.5 Å². The predicted molar refractivity (Wildman–Crippen MR) is 128 cm³/mol. The highest BCUT2D eigenvalue weighted by Crippen LogP contribution is 2.30. The highest BCUT2D eigenvalue weighted by atomic mass is 32.2. The van der Waals surface area contributed by atoms with E-state index in [1.165, 1.54) is 11.3 Å². The number of thiophene rings is 1. The van der Waals surface area contributed by atoms with Crippen LogP contribution in [-0.4, -0.2) is 50.5 Å². The zero-order chi connectivity index (χ0) is 22.8. The summed E-state index contributed by atoms with van der Waals surface area (Å²) in [6.07, 6.45) is 0. The molecule has 4 heterocycles. The number of nitrogens with zero attached hydrogens (tertiary/aromatic N) is 2. The van der Waals surface area contributed by atoms with Crippen LogP contribution in [0.25, 0.3) is 10.2 Å². The molecule has 1 aromatic carbocycles.